The molecule has 19 heavy (non-hydrogen) atoms. The summed E-state index contributed by atoms with van der Waals surface area (Å²) in [6.07, 6.45) is 1.86. The molecule has 0 saturated carbocycles. The lowest BCUT2D eigenvalue weighted by atomic mass is 10.1. The maximum absolute atomic E-state index is 5.98. The normalized spacial score (nSPS) is 12.4. The van der Waals surface area contributed by atoms with Gasteiger partial charge in [0.05, 0.1) is 17.8 Å². The molecule has 1 aromatic carbocycles. The van der Waals surface area contributed by atoms with Crippen molar-refractivity contribution in [2.24, 2.45) is 5.73 Å². The average molecular weight is 276 g/mol. The van der Waals surface area contributed by atoms with Gasteiger partial charge in [0.1, 0.15) is 5.75 Å². The fourth-order valence-electron chi connectivity index (χ4n) is 1.87. The van der Waals surface area contributed by atoms with Crippen molar-refractivity contribution in [1.29, 1.82) is 0 Å². The summed E-state index contributed by atoms with van der Waals surface area (Å²) in [6, 6.07) is 8.19. The van der Waals surface area contributed by atoms with E-state index in [2.05, 4.69) is 11.9 Å². The summed E-state index contributed by atoms with van der Waals surface area (Å²) in [6.45, 7) is 4.81. The number of nitrogens with two attached hydrogens (primary N) is 1. The summed E-state index contributed by atoms with van der Waals surface area (Å²) >= 11 is 1.69. The molecular formula is C15H20N2OS. The minimum absolute atomic E-state index is 0.119. The Labute approximate surface area is 118 Å². The van der Waals surface area contributed by atoms with Crippen molar-refractivity contribution < 1.29 is 4.74 Å². The van der Waals surface area contributed by atoms with Crippen molar-refractivity contribution >= 4 is 11.3 Å². The van der Waals surface area contributed by atoms with Gasteiger partial charge < -0.3 is 10.5 Å². The van der Waals surface area contributed by atoms with E-state index >= 15 is 0 Å². The van der Waals surface area contributed by atoms with Crippen LogP contribution in [0.2, 0.25) is 0 Å². The minimum atomic E-state index is 0.119. The summed E-state index contributed by atoms with van der Waals surface area (Å²) in [4.78, 5) is 5.53. The predicted octanol–water partition coefficient (Wildman–Crippen LogP) is 3.48. The van der Waals surface area contributed by atoms with Crippen molar-refractivity contribution in [3.05, 3.63) is 45.9 Å². The van der Waals surface area contributed by atoms with Crippen molar-refractivity contribution in [1.82, 2.24) is 4.98 Å². The van der Waals surface area contributed by atoms with Crippen LogP contribution in [0.5, 0.6) is 5.75 Å². The topological polar surface area (TPSA) is 48.1 Å². The van der Waals surface area contributed by atoms with E-state index in [1.807, 2.05) is 36.7 Å². The number of aryl methyl sites for hydroxylation is 1. The second kappa shape index (κ2) is 6.68. The molecular weight excluding hydrogens is 256 g/mol. The van der Waals surface area contributed by atoms with Crippen molar-refractivity contribution in [2.75, 3.05) is 6.61 Å². The van der Waals surface area contributed by atoms with Gasteiger partial charge in [-0.2, -0.15) is 0 Å². The molecule has 2 N–H and O–H groups in total. The Morgan fingerprint density at radius 1 is 1.32 bits per heavy atom. The minimum Gasteiger partial charge on any atom is -0.493 e. The van der Waals surface area contributed by atoms with Crippen LogP contribution in [0.25, 0.3) is 0 Å². The summed E-state index contributed by atoms with van der Waals surface area (Å²) in [7, 11) is 0. The zero-order valence-electron chi connectivity index (χ0n) is 11.4. The molecule has 0 aliphatic heterocycles. The fraction of sp³-hybridized carbons (Fsp3) is 0.400. The van der Waals surface area contributed by atoms with E-state index in [0.29, 0.717) is 6.61 Å². The number of hydrogen-bond acceptors (Lipinski definition) is 4. The first-order valence-corrected chi connectivity index (χ1v) is 7.46. The Kier molecular flexibility index (Phi) is 4.93. The Morgan fingerprint density at radius 3 is 2.63 bits per heavy atom. The quantitative estimate of drug-likeness (QED) is 0.878. The molecule has 4 heteroatoms. The third-order valence-corrected chi connectivity index (χ3v) is 4.19. The number of rotatable bonds is 6. The van der Waals surface area contributed by atoms with E-state index in [0.717, 1.165) is 29.8 Å². The Bertz CT molecular complexity index is 507. The molecule has 0 fully saturated rings. The van der Waals surface area contributed by atoms with Crippen LogP contribution in [0.4, 0.5) is 0 Å². The third-order valence-electron chi connectivity index (χ3n) is 3.19. The van der Waals surface area contributed by atoms with Crippen molar-refractivity contribution in [2.45, 2.75) is 32.7 Å². The van der Waals surface area contributed by atoms with E-state index in [1.165, 1.54) is 4.88 Å². The first kappa shape index (κ1) is 14.0. The van der Waals surface area contributed by atoms with Gasteiger partial charge >= 0.3 is 0 Å². The van der Waals surface area contributed by atoms with Crippen LogP contribution < -0.4 is 10.5 Å². The standard InChI is InChI=1S/C15H20N2OS/c1-3-14(16)12-4-6-13(7-5-12)18-9-8-15-11(2)17-10-19-15/h4-7,10,14H,3,8-9,16H2,1-2H3/t14-/m0/s1. The summed E-state index contributed by atoms with van der Waals surface area (Å²) in [5.74, 6) is 0.897. The molecule has 0 bridgehead atoms. The first-order chi connectivity index (χ1) is 9.20. The highest BCUT2D eigenvalue weighted by Gasteiger charge is 2.04. The summed E-state index contributed by atoms with van der Waals surface area (Å²) < 4.78 is 5.74. The molecule has 102 valence electrons. The summed E-state index contributed by atoms with van der Waals surface area (Å²) in [5.41, 5.74) is 10.1. The number of benzene rings is 1. The maximum Gasteiger partial charge on any atom is 0.119 e. The lowest BCUT2D eigenvalue weighted by Crippen LogP contribution is -2.08. The highest BCUT2D eigenvalue weighted by molar-refractivity contribution is 7.09. The van der Waals surface area contributed by atoms with Gasteiger partial charge in [-0.1, -0.05) is 19.1 Å². The molecule has 0 radical (unpaired) electrons. The molecule has 2 aromatic rings. The lowest BCUT2D eigenvalue weighted by molar-refractivity contribution is 0.322. The van der Waals surface area contributed by atoms with Gasteiger partial charge in [0.2, 0.25) is 0 Å². The van der Waals surface area contributed by atoms with Crippen LogP contribution >= 0.6 is 11.3 Å². The molecule has 0 aliphatic rings. The first-order valence-electron chi connectivity index (χ1n) is 6.58. The van der Waals surface area contributed by atoms with Crippen LogP contribution in [0.3, 0.4) is 0 Å². The molecule has 0 amide bonds. The molecule has 3 nitrogen and oxygen atoms in total. The number of nitrogens with zero attached hydrogens (tertiary/aromatic N) is 1. The average Bonchev–Trinajstić information content (AvgIpc) is 2.84. The highest BCUT2D eigenvalue weighted by atomic mass is 32.1. The zero-order chi connectivity index (χ0) is 13.7. The molecule has 2 rings (SSSR count). The Morgan fingerprint density at radius 2 is 2.05 bits per heavy atom. The fourth-order valence-corrected chi connectivity index (χ4v) is 2.64. The smallest absolute Gasteiger partial charge is 0.119 e. The van der Waals surface area contributed by atoms with Crippen LogP contribution in [0, 0.1) is 6.92 Å². The van der Waals surface area contributed by atoms with Gasteiger partial charge in [-0.3, -0.25) is 0 Å². The van der Waals surface area contributed by atoms with Crippen LogP contribution in [-0.2, 0) is 6.42 Å². The van der Waals surface area contributed by atoms with E-state index in [-0.39, 0.29) is 6.04 Å². The van der Waals surface area contributed by atoms with E-state index in [4.69, 9.17) is 10.5 Å². The Hall–Kier alpha value is -1.39. The molecule has 1 aromatic heterocycles. The molecule has 0 unspecified atom stereocenters. The molecule has 1 heterocycles. The molecule has 0 spiro atoms. The van der Waals surface area contributed by atoms with E-state index in [1.54, 1.807) is 11.3 Å². The van der Waals surface area contributed by atoms with Gasteiger partial charge in [-0.05, 0) is 31.0 Å². The lowest BCUT2D eigenvalue weighted by Gasteiger charge is -2.10. The maximum atomic E-state index is 5.98. The monoisotopic (exact) mass is 276 g/mol. The van der Waals surface area contributed by atoms with Gasteiger partial charge in [-0.25, -0.2) is 4.98 Å². The molecule has 1 atom stereocenters. The predicted molar refractivity (Wildman–Crippen MR) is 79.7 cm³/mol. The van der Waals surface area contributed by atoms with Gasteiger partial charge in [0.15, 0.2) is 0 Å². The van der Waals surface area contributed by atoms with Gasteiger partial charge in [0, 0.05) is 17.3 Å². The van der Waals surface area contributed by atoms with E-state index < -0.39 is 0 Å². The van der Waals surface area contributed by atoms with Crippen LogP contribution in [0.15, 0.2) is 29.8 Å². The van der Waals surface area contributed by atoms with Crippen molar-refractivity contribution in [3.8, 4) is 5.75 Å². The molecule has 0 saturated heterocycles. The highest BCUT2D eigenvalue weighted by Crippen LogP contribution is 2.19. The SMILES string of the molecule is CC[C@H](N)c1ccc(OCCc2scnc2C)cc1. The van der Waals surface area contributed by atoms with Crippen LogP contribution in [-0.4, -0.2) is 11.6 Å². The van der Waals surface area contributed by atoms with Crippen molar-refractivity contribution in [3.63, 3.8) is 0 Å². The zero-order valence-corrected chi connectivity index (χ0v) is 12.2. The van der Waals surface area contributed by atoms with Crippen LogP contribution in [0.1, 0.15) is 35.5 Å². The number of hydrogen-bond donors (Lipinski definition) is 1. The third kappa shape index (κ3) is 3.78. The second-order valence-electron chi connectivity index (χ2n) is 4.54. The number of ether oxygens (including phenoxy) is 1. The summed E-state index contributed by atoms with van der Waals surface area (Å²) in [5, 5.41) is 0. The molecule has 0 aliphatic carbocycles. The number of aromatic nitrogens is 1. The van der Waals surface area contributed by atoms with Gasteiger partial charge in [-0.15, -0.1) is 11.3 Å². The largest absolute Gasteiger partial charge is 0.493 e. The second-order valence-corrected chi connectivity index (χ2v) is 5.48. The number of thiazole rings is 1. The van der Waals surface area contributed by atoms with E-state index in [9.17, 15) is 0 Å². The Balaban J connectivity index is 1.85. The van der Waals surface area contributed by atoms with Gasteiger partial charge in [0.25, 0.3) is 0 Å².